The molecule has 4 aliphatic carbocycles. The van der Waals surface area contributed by atoms with Gasteiger partial charge in [0.2, 0.25) is 0 Å². The standard InChI is InChI=1S/C24H37N3O4/c1-23-8-6-19-17(18(23)3-4-22(23)29)12-21(27-30-2)20-11-15(5-9-24(19,20)14-28)26-31-16-7-10-25-13-16/h11,16-19,25-28H,3-10,12-14H2,1-2H3/t16-,17?,18?,19?,23-,24-/m0/s1. The zero-order valence-electron chi connectivity index (χ0n) is 18.8. The zero-order valence-corrected chi connectivity index (χ0v) is 18.8. The van der Waals surface area contributed by atoms with E-state index in [0.717, 1.165) is 75.0 Å². The number of hydrogen-bond acceptors (Lipinski definition) is 7. The molecule has 2 saturated carbocycles. The number of Topliss-reactive ketones (excluding diaryl/α,β-unsaturated/α-hetero) is 1. The summed E-state index contributed by atoms with van der Waals surface area (Å²) in [5.41, 5.74) is 9.19. The predicted molar refractivity (Wildman–Crippen MR) is 116 cm³/mol. The second-order valence-corrected chi connectivity index (χ2v) is 10.5. The Morgan fingerprint density at radius 1 is 1.19 bits per heavy atom. The summed E-state index contributed by atoms with van der Waals surface area (Å²) in [6, 6.07) is 0. The molecule has 5 rings (SSSR count). The van der Waals surface area contributed by atoms with E-state index in [4.69, 9.17) is 9.68 Å². The molecule has 1 saturated heterocycles. The van der Waals surface area contributed by atoms with Crippen LogP contribution in [0.4, 0.5) is 0 Å². The second-order valence-electron chi connectivity index (χ2n) is 10.5. The van der Waals surface area contributed by atoms with Crippen LogP contribution in [-0.4, -0.2) is 43.8 Å². The lowest BCUT2D eigenvalue weighted by Gasteiger charge is -2.57. The van der Waals surface area contributed by atoms with Gasteiger partial charge in [-0.05, 0) is 80.9 Å². The fourth-order valence-corrected chi connectivity index (χ4v) is 7.50. The maximum absolute atomic E-state index is 12.7. The van der Waals surface area contributed by atoms with Gasteiger partial charge in [0, 0.05) is 35.2 Å². The van der Waals surface area contributed by atoms with Gasteiger partial charge in [-0.3, -0.25) is 25.4 Å². The average molecular weight is 432 g/mol. The molecule has 0 bridgehead atoms. The largest absolute Gasteiger partial charge is 0.395 e. The van der Waals surface area contributed by atoms with Crippen molar-refractivity contribution in [3.8, 4) is 0 Å². The Bertz CT molecular complexity index is 790. The van der Waals surface area contributed by atoms with Crippen LogP contribution in [0, 0.1) is 28.6 Å². The van der Waals surface area contributed by atoms with Crippen molar-refractivity contribution in [3.05, 3.63) is 23.0 Å². The van der Waals surface area contributed by atoms with Gasteiger partial charge in [-0.1, -0.05) is 6.92 Å². The smallest absolute Gasteiger partial charge is 0.139 e. The fraction of sp³-hybridized carbons (Fsp3) is 0.792. The molecule has 31 heavy (non-hydrogen) atoms. The van der Waals surface area contributed by atoms with Crippen molar-refractivity contribution in [3.63, 3.8) is 0 Å². The molecular weight excluding hydrogens is 394 g/mol. The lowest BCUT2D eigenvalue weighted by molar-refractivity contribution is -0.132. The van der Waals surface area contributed by atoms with E-state index in [9.17, 15) is 9.90 Å². The number of aliphatic hydroxyl groups excluding tert-OH is 1. The number of rotatable bonds is 6. The second kappa shape index (κ2) is 8.18. The van der Waals surface area contributed by atoms with Crippen LogP contribution in [-0.2, 0) is 14.5 Å². The van der Waals surface area contributed by atoms with Crippen LogP contribution in [0.5, 0.6) is 0 Å². The molecule has 0 aromatic rings. The normalized spacial score (nSPS) is 42.0. The Balaban J connectivity index is 1.47. The molecule has 0 amide bonds. The third-order valence-corrected chi connectivity index (χ3v) is 9.20. The zero-order chi connectivity index (χ0) is 21.6. The summed E-state index contributed by atoms with van der Waals surface area (Å²) < 4.78 is 0. The number of fused-ring (bicyclic) bond motifs is 5. The predicted octanol–water partition coefficient (Wildman–Crippen LogP) is 2.35. The fourth-order valence-electron chi connectivity index (χ4n) is 7.50. The van der Waals surface area contributed by atoms with Gasteiger partial charge >= 0.3 is 0 Å². The van der Waals surface area contributed by atoms with E-state index >= 15 is 0 Å². The van der Waals surface area contributed by atoms with Crippen molar-refractivity contribution in [2.75, 3.05) is 26.8 Å². The van der Waals surface area contributed by atoms with Crippen LogP contribution in [0.1, 0.15) is 58.3 Å². The van der Waals surface area contributed by atoms with Gasteiger partial charge in [-0.25, -0.2) is 0 Å². The number of nitrogens with one attached hydrogen (secondary N) is 3. The molecule has 4 N–H and O–H groups in total. The number of allylic oxidation sites excluding steroid dienone is 3. The van der Waals surface area contributed by atoms with Crippen LogP contribution in [0.2, 0.25) is 0 Å². The van der Waals surface area contributed by atoms with E-state index < -0.39 is 0 Å². The van der Waals surface area contributed by atoms with E-state index in [1.54, 1.807) is 7.11 Å². The maximum Gasteiger partial charge on any atom is 0.139 e. The van der Waals surface area contributed by atoms with Gasteiger partial charge in [0.05, 0.1) is 19.8 Å². The minimum Gasteiger partial charge on any atom is -0.395 e. The first-order valence-electron chi connectivity index (χ1n) is 12.0. The Morgan fingerprint density at radius 2 is 2.06 bits per heavy atom. The summed E-state index contributed by atoms with van der Waals surface area (Å²) in [5, 5.41) is 14.1. The number of ketones is 1. The van der Waals surface area contributed by atoms with Crippen LogP contribution in [0.3, 0.4) is 0 Å². The van der Waals surface area contributed by atoms with Crippen molar-refractivity contribution in [1.29, 1.82) is 0 Å². The van der Waals surface area contributed by atoms with E-state index in [0.29, 0.717) is 30.0 Å². The van der Waals surface area contributed by atoms with Crippen LogP contribution >= 0.6 is 0 Å². The molecule has 1 aliphatic heterocycles. The SMILES string of the molecule is CONC1=C2C=C(NO[C@H]3CCNC3)CC[C@]2(CO)C2CC[C@]3(C)C(=O)CCC3C2C1. The Labute approximate surface area is 184 Å². The number of hydrogen-bond donors (Lipinski definition) is 4. The molecule has 5 aliphatic rings. The van der Waals surface area contributed by atoms with Crippen LogP contribution in [0.15, 0.2) is 23.0 Å². The van der Waals surface area contributed by atoms with Gasteiger partial charge in [0.25, 0.3) is 0 Å². The summed E-state index contributed by atoms with van der Waals surface area (Å²) >= 11 is 0. The van der Waals surface area contributed by atoms with Crippen molar-refractivity contribution < 1.29 is 19.6 Å². The molecule has 7 heteroatoms. The third-order valence-electron chi connectivity index (χ3n) is 9.20. The Hall–Kier alpha value is -1.41. The number of aliphatic hydroxyl groups is 1. The summed E-state index contributed by atoms with van der Waals surface area (Å²) in [7, 11) is 1.65. The number of carbonyl (C=O) groups is 1. The lowest BCUT2D eigenvalue weighted by atomic mass is 9.48. The van der Waals surface area contributed by atoms with E-state index in [-0.39, 0.29) is 23.5 Å². The first-order valence-corrected chi connectivity index (χ1v) is 12.0. The highest BCUT2D eigenvalue weighted by molar-refractivity contribution is 5.87. The Morgan fingerprint density at radius 3 is 2.81 bits per heavy atom. The van der Waals surface area contributed by atoms with Gasteiger partial charge in [-0.2, -0.15) is 0 Å². The highest BCUT2D eigenvalue weighted by Crippen LogP contribution is 2.64. The molecule has 1 heterocycles. The van der Waals surface area contributed by atoms with Crippen molar-refractivity contribution in [1.82, 2.24) is 16.3 Å². The molecule has 172 valence electrons. The summed E-state index contributed by atoms with van der Waals surface area (Å²) in [4.78, 5) is 24.0. The third kappa shape index (κ3) is 3.36. The first kappa shape index (κ1) is 21.4. The molecule has 3 fully saturated rings. The van der Waals surface area contributed by atoms with E-state index in [2.05, 4.69) is 29.3 Å². The summed E-state index contributed by atoms with van der Waals surface area (Å²) in [6.07, 6.45) is 9.67. The minimum absolute atomic E-state index is 0.132. The number of carbonyl (C=O) groups excluding carboxylic acids is 1. The molecule has 3 unspecified atom stereocenters. The van der Waals surface area contributed by atoms with E-state index in [1.165, 1.54) is 0 Å². The van der Waals surface area contributed by atoms with Crippen LogP contribution in [0.25, 0.3) is 0 Å². The van der Waals surface area contributed by atoms with Crippen molar-refractivity contribution >= 4 is 5.78 Å². The van der Waals surface area contributed by atoms with Crippen LogP contribution < -0.4 is 16.3 Å². The molecule has 0 aromatic heterocycles. The van der Waals surface area contributed by atoms with Crippen molar-refractivity contribution in [2.24, 2.45) is 28.6 Å². The topological polar surface area (TPSA) is 91.8 Å². The van der Waals surface area contributed by atoms with Gasteiger partial charge in [-0.15, -0.1) is 0 Å². The molecule has 0 spiro atoms. The maximum atomic E-state index is 12.7. The highest BCUT2D eigenvalue weighted by atomic mass is 16.7. The lowest BCUT2D eigenvalue weighted by Crippen LogP contribution is -2.53. The summed E-state index contributed by atoms with van der Waals surface area (Å²) in [5.74, 6) is 1.65. The molecule has 6 atom stereocenters. The molecule has 0 aromatic carbocycles. The molecule has 7 nitrogen and oxygen atoms in total. The van der Waals surface area contributed by atoms with Gasteiger partial charge in [0.1, 0.15) is 5.78 Å². The average Bonchev–Trinajstić information content (AvgIpc) is 3.40. The summed E-state index contributed by atoms with van der Waals surface area (Å²) in [6.45, 7) is 4.20. The Kier molecular flexibility index (Phi) is 5.65. The van der Waals surface area contributed by atoms with E-state index in [1.807, 2.05) is 0 Å². The monoisotopic (exact) mass is 431 g/mol. The van der Waals surface area contributed by atoms with Gasteiger partial charge in [0.15, 0.2) is 0 Å². The number of hydroxylamine groups is 2. The molecule has 0 radical (unpaired) electrons. The first-order chi connectivity index (χ1) is 15.0. The quantitative estimate of drug-likeness (QED) is 0.480. The van der Waals surface area contributed by atoms with Crippen molar-refractivity contribution in [2.45, 2.75) is 64.4 Å². The van der Waals surface area contributed by atoms with Gasteiger partial charge < -0.3 is 10.4 Å². The minimum atomic E-state index is -0.281. The highest BCUT2D eigenvalue weighted by Gasteiger charge is 2.60. The molecular formula is C24H37N3O4.